The molecule has 0 N–H and O–H groups in total. The van der Waals surface area contributed by atoms with Crippen molar-refractivity contribution in [1.29, 1.82) is 0 Å². The monoisotopic (exact) mass is 562 g/mol. The second-order valence-electron chi connectivity index (χ2n) is 9.95. The van der Waals surface area contributed by atoms with E-state index in [9.17, 15) is 9.18 Å². The highest BCUT2D eigenvalue weighted by atomic mass is 35.5. The van der Waals surface area contributed by atoms with Gasteiger partial charge < -0.3 is 0 Å². The number of aryl methyl sites for hydroxylation is 3. The zero-order chi connectivity index (χ0) is 28.3. The van der Waals surface area contributed by atoms with Crippen LogP contribution >= 0.6 is 11.6 Å². The number of nitrogens with zero attached hydrogens (tertiary/aromatic N) is 6. The molecule has 0 bridgehead atoms. The lowest BCUT2D eigenvalue weighted by Gasteiger charge is -2.18. The van der Waals surface area contributed by atoms with E-state index in [1.165, 1.54) is 40.0 Å². The summed E-state index contributed by atoms with van der Waals surface area (Å²) in [5.41, 5.74) is 1.74. The van der Waals surface area contributed by atoms with Gasteiger partial charge in [-0.25, -0.2) is 23.1 Å². The SMILES string of the molecule is Cc1cn(-c2nccc(-c3ncc(C)c(-n4c(C)cc([C@H]5C[C@@H]5c5cncc(F)c5)c(Cl)c4=O)c3F)c2F)cn1. The van der Waals surface area contributed by atoms with Crippen molar-refractivity contribution in [2.75, 3.05) is 0 Å². The van der Waals surface area contributed by atoms with E-state index in [2.05, 4.69) is 19.9 Å². The summed E-state index contributed by atoms with van der Waals surface area (Å²) in [4.78, 5) is 29.8. The van der Waals surface area contributed by atoms with Gasteiger partial charge in [0.1, 0.15) is 22.9 Å². The highest BCUT2D eigenvalue weighted by Crippen LogP contribution is 2.55. The summed E-state index contributed by atoms with van der Waals surface area (Å²) in [6, 6.07) is 4.49. The first kappa shape index (κ1) is 25.9. The standard InChI is InChI=1S/C29H22ClF3N6O/c1-14-9-36-26(19-4-5-35-28(24(19)32)38-12-15(2)37-13-38)25(33)27(14)39-16(3)6-22(23(30)29(39)40)21-8-20(21)17-7-18(31)11-34-10-17/h4-7,9-13,20-21H,8H2,1-3H3/t20-,21+/m1/s1. The van der Waals surface area contributed by atoms with E-state index in [4.69, 9.17) is 11.6 Å². The molecule has 0 aromatic carbocycles. The van der Waals surface area contributed by atoms with E-state index in [1.54, 1.807) is 39.2 Å². The predicted octanol–water partition coefficient (Wildman–Crippen LogP) is 6.14. The van der Waals surface area contributed by atoms with Gasteiger partial charge in [0.15, 0.2) is 17.5 Å². The summed E-state index contributed by atoms with van der Waals surface area (Å²) >= 11 is 6.58. The Balaban J connectivity index is 1.44. The van der Waals surface area contributed by atoms with Crippen molar-refractivity contribution in [2.24, 2.45) is 0 Å². The lowest BCUT2D eigenvalue weighted by atomic mass is 10.0. The molecule has 0 saturated heterocycles. The molecule has 0 unspecified atom stereocenters. The lowest BCUT2D eigenvalue weighted by Crippen LogP contribution is -2.24. The maximum atomic E-state index is 16.2. The van der Waals surface area contributed by atoms with Crippen LogP contribution in [0.4, 0.5) is 13.2 Å². The van der Waals surface area contributed by atoms with Crippen molar-refractivity contribution in [3.8, 4) is 22.8 Å². The minimum absolute atomic E-state index is 0.0236. The number of pyridine rings is 4. The fourth-order valence-corrected chi connectivity index (χ4v) is 5.46. The predicted molar refractivity (Wildman–Crippen MR) is 144 cm³/mol. The molecular formula is C29H22ClF3N6O. The highest BCUT2D eigenvalue weighted by molar-refractivity contribution is 6.31. The molecule has 1 fully saturated rings. The number of imidazole rings is 1. The number of halogens is 4. The van der Waals surface area contributed by atoms with Gasteiger partial charge in [0.25, 0.3) is 5.56 Å². The number of aromatic nitrogens is 6. The molecule has 5 aromatic heterocycles. The van der Waals surface area contributed by atoms with Crippen LogP contribution in [0.5, 0.6) is 0 Å². The summed E-state index contributed by atoms with van der Waals surface area (Å²) in [6.07, 6.45) is 9.17. The topological polar surface area (TPSA) is 78.5 Å². The fourth-order valence-electron chi connectivity index (χ4n) is 5.18. The Kier molecular flexibility index (Phi) is 6.29. The molecule has 0 radical (unpaired) electrons. The van der Waals surface area contributed by atoms with E-state index in [1.807, 2.05) is 0 Å². The first-order chi connectivity index (χ1) is 19.2. The number of hydrogen-bond donors (Lipinski definition) is 0. The van der Waals surface area contributed by atoms with Crippen molar-refractivity contribution in [1.82, 2.24) is 29.1 Å². The molecular weight excluding hydrogens is 541 g/mol. The zero-order valence-electron chi connectivity index (χ0n) is 21.7. The lowest BCUT2D eigenvalue weighted by molar-refractivity contribution is 0.595. The third-order valence-electron chi connectivity index (χ3n) is 7.19. The third-order valence-corrected chi connectivity index (χ3v) is 7.57. The summed E-state index contributed by atoms with van der Waals surface area (Å²) < 4.78 is 48.1. The molecule has 2 atom stereocenters. The van der Waals surface area contributed by atoms with E-state index in [0.717, 1.165) is 11.8 Å². The van der Waals surface area contributed by atoms with E-state index in [-0.39, 0.29) is 39.6 Å². The Labute approximate surface area is 232 Å². The van der Waals surface area contributed by atoms with Crippen LogP contribution in [0.25, 0.3) is 22.8 Å². The quantitative estimate of drug-likeness (QED) is 0.257. The van der Waals surface area contributed by atoms with Gasteiger partial charge in [-0.1, -0.05) is 11.6 Å². The molecule has 6 rings (SSSR count). The molecule has 5 aromatic rings. The van der Waals surface area contributed by atoms with Gasteiger partial charge in [0.05, 0.1) is 17.6 Å². The Hall–Kier alpha value is -4.31. The Morgan fingerprint density at radius 2 is 1.77 bits per heavy atom. The van der Waals surface area contributed by atoms with Gasteiger partial charge in [-0.05, 0) is 73.9 Å². The second-order valence-corrected chi connectivity index (χ2v) is 10.3. The summed E-state index contributed by atoms with van der Waals surface area (Å²) in [5, 5.41) is -0.0486. The van der Waals surface area contributed by atoms with E-state index in [0.29, 0.717) is 28.9 Å². The molecule has 0 amide bonds. The van der Waals surface area contributed by atoms with Crippen LogP contribution in [0.15, 0.2) is 60.3 Å². The molecule has 40 heavy (non-hydrogen) atoms. The Morgan fingerprint density at radius 3 is 2.50 bits per heavy atom. The van der Waals surface area contributed by atoms with Crippen molar-refractivity contribution in [2.45, 2.75) is 39.0 Å². The molecule has 0 aliphatic heterocycles. The molecule has 5 heterocycles. The first-order valence-electron chi connectivity index (χ1n) is 12.5. The molecule has 0 spiro atoms. The number of hydrogen-bond acceptors (Lipinski definition) is 5. The minimum Gasteiger partial charge on any atom is -0.288 e. The highest BCUT2D eigenvalue weighted by Gasteiger charge is 2.42. The normalized spacial score (nSPS) is 16.4. The van der Waals surface area contributed by atoms with Gasteiger partial charge in [-0.2, -0.15) is 0 Å². The van der Waals surface area contributed by atoms with Gasteiger partial charge in [-0.3, -0.25) is 23.9 Å². The van der Waals surface area contributed by atoms with E-state index < -0.39 is 23.0 Å². The van der Waals surface area contributed by atoms with Crippen LogP contribution in [-0.2, 0) is 0 Å². The van der Waals surface area contributed by atoms with Crippen LogP contribution in [-0.4, -0.2) is 29.1 Å². The largest absolute Gasteiger partial charge is 0.288 e. The third kappa shape index (κ3) is 4.28. The Bertz CT molecular complexity index is 1870. The van der Waals surface area contributed by atoms with Crippen molar-refractivity contribution < 1.29 is 13.2 Å². The second kappa shape index (κ2) is 9.71. The number of rotatable bonds is 5. The smallest absolute Gasteiger partial charge is 0.274 e. The molecule has 11 heteroatoms. The van der Waals surface area contributed by atoms with Gasteiger partial charge >= 0.3 is 0 Å². The fraction of sp³-hybridized carbons (Fsp3) is 0.207. The van der Waals surface area contributed by atoms with Crippen LogP contribution in [0.1, 0.15) is 46.3 Å². The zero-order valence-corrected chi connectivity index (χ0v) is 22.4. The average Bonchev–Trinajstić information content (AvgIpc) is 3.61. The molecule has 1 aliphatic rings. The summed E-state index contributed by atoms with van der Waals surface area (Å²) in [7, 11) is 0. The van der Waals surface area contributed by atoms with E-state index >= 15 is 8.78 Å². The van der Waals surface area contributed by atoms with Crippen molar-refractivity contribution in [3.63, 3.8) is 0 Å². The average molecular weight is 563 g/mol. The molecule has 1 aliphatic carbocycles. The van der Waals surface area contributed by atoms with Crippen molar-refractivity contribution in [3.05, 3.63) is 116 Å². The van der Waals surface area contributed by atoms with Crippen LogP contribution in [0, 0.1) is 38.2 Å². The first-order valence-corrected chi connectivity index (χ1v) is 12.9. The van der Waals surface area contributed by atoms with Gasteiger partial charge in [-0.15, -0.1) is 0 Å². The molecule has 1 saturated carbocycles. The Morgan fingerprint density at radius 1 is 0.975 bits per heavy atom. The van der Waals surface area contributed by atoms with Gasteiger partial charge in [0.2, 0.25) is 0 Å². The van der Waals surface area contributed by atoms with Gasteiger partial charge in [0, 0.05) is 36.0 Å². The maximum Gasteiger partial charge on any atom is 0.274 e. The maximum absolute atomic E-state index is 16.2. The molecule has 7 nitrogen and oxygen atoms in total. The van der Waals surface area contributed by atoms with Crippen LogP contribution < -0.4 is 5.56 Å². The molecule has 202 valence electrons. The van der Waals surface area contributed by atoms with Crippen molar-refractivity contribution >= 4 is 11.6 Å². The summed E-state index contributed by atoms with van der Waals surface area (Å²) in [5.74, 6) is -2.27. The van der Waals surface area contributed by atoms with Crippen LogP contribution in [0.2, 0.25) is 5.02 Å². The van der Waals surface area contributed by atoms with Crippen LogP contribution in [0.3, 0.4) is 0 Å². The minimum atomic E-state index is -0.873. The summed E-state index contributed by atoms with van der Waals surface area (Å²) in [6.45, 7) is 5.04.